The molecular formula is C16H16N2. The molecule has 0 saturated carbocycles. The number of rotatable bonds is 2. The van der Waals surface area contributed by atoms with Crippen molar-refractivity contribution in [2.24, 2.45) is 9.98 Å². The van der Waals surface area contributed by atoms with Gasteiger partial charge in [-0.2, -0.15) is 0 Å². The minimum absolute atomic E-state index is 0.761. The van der Waals surface area contributed by atoms with Gasteiger partial charge in [-0.05, 0) is 12.5 Å². The highest BCUT2D eigenvalue weighted by atomic mass is 14.9. The standard InChI is InChI=1S/C16H16N2/c1-13(14-9-5-3-6-10-14)18-16(17-2)15-11-7-4-8-12-15/h3-12H,1-2H3. The van der Waals surface area contributed by atoms with Crippen molar-refractivity contribution in [3.05, 3.63) is 71.8 Å². The van der Waals surface area contributed by atoms with Gasteiger partial charge in [0, 0.05) is 18.3 Å². The van der Waals surface area contributed by atoms with Crippen molar-refractivity contribution in [1.82, 2.24) is 0 Å². The fraction of sp³-hybridized carbons (Fsp3) is 0.125. The van der Waals surface area contributed by atoms with E-state index in [1.54, 1.807) is 7.05 Å². The molecule has 0 unspecified atom stereocenters. The van der Waals surface area contributed by atoms with Crippen LogP contribution in [0.25, 0.3) is 0 Å². The molecule has 0 aliphatic heterocycles. The summed E-state index contributed by atoms with van der Waals surface area (Å²) < 4.78 is 0. The van der Waals surface area contributed by atoms with Gasteiger partial charge in [0.2, 0.25) is 0 Å². The Hall–Kier alpha value is -2.22. The van der Waals surface area contributed by atoms with Gasteiger partial charge in [0.05, 0.1) is 0 Å². The largest absolute Gasteiger partial charge is 0.270 e. The molecule has 2 heteroatoms. The van der Waals surface area contributed by atoms with E-state index in [-0.39, 0.29) is 0 Å². The van der Waals surface area contributed by atoms with E-state index in [0.29, 0.717) is 0 Å². The van der Waals surface area contributed by atoms with Gasteiger partial charge < -0.3 is 0 Å². The van der Waals surface area contributed by atoms with Gasteiger partial charge in [-0.15, -0.1) is 0 Å². The molecule has 0 aliphatic rings. The van der Waals surface area contributed by atoms with Crippen LogP contribution in [0.3, 0.4) is 0 Å². The van der Waals surface area contributed by atoms with Gasteiger partial charge in [0.1, 0.15) is 0 Å². The predicted octanol–water partition coefficient (Wildman–Crippen LogP) is 3.57. The summed E-state index contributed by atoms with van der Waals surface area (Å²) in [7, 11) is 1.77. The molecule has 0 aromatic heterocycles. The summed E-state index contributed by atoms with van der Waals surface area (Å²) in [5.74, 6) is 0.761. The lowest BCUT2D eigenvalue weighted by molar-refractivity contribution is 1.38. The molecule has 2 aromatic carbocycles. The van der Waals surface area contributed by atoms with E-state index in [1.807, 2.05) is 55.5 Å². The number of benzene rings is 2. The first-order chi connectivity index (χ1) is 8.81. The average molecular weight is 236 g/mol. The molecule has 2 aromatic rings. The number of aliphatic imine (C=N–C) groups is 2. The third kappa shape index (κ3) is 2.92. The first-order valence-corrected chi connectivity index (χ1v) is 5.94. The Morgan fingerprint density at radius 3 is 1.78 bits per heavy atom. The smallest absolute Gasteiger partial charge is 0.154 e. The molecule has 90 valence electrons. The van der Waals surface area contributed by atoms with Crippen molar-refractivity contribution < 1.29 is 0 Å². The van der Waals surface area contributed by atoms with Crippen LogP contribution in [0, 0.1) is 0 Å². The molecule has 2 nitrogen and oxygen atoms in total. The van der Waals surface area contributed by atoms with Crippen LogP contribution < -0.4 is 0 Å². The van der Waals surface area contributed by atoms with Crippen LogP contribution >= 0.6 is 0 Å². The van der Waals surface area contributed by atoms with Gasteiger partial charge >= 0.3 is 0 Å². The molecule has 18 heavy (non-hydrogen) atoms. The van der Waals surface area contributed by atoms with Crippen molar-refractivity contribution in [2.45, 2.75) is 6.92 Å². The monoisotopic (exact) mass is 236 g/mol. The van der Waals surface area contributed by atoms with Gasteiger partial charge in [0.25, 0.3) is 0 Å². The number of amidine groups is 1. The third-order valence-corrected chi connectivity index (χ3v) is 2.71. The van der Waals surface area contributed by atoms with Gasteiger partial charge in [-0.25, -0.2) is 4.99 Å². The van der Waals surface area contributed by atoms with Gasteiger partial charge in [-0.3, -0.25) is 4.99 Å². The summed E-state index contributed by atoms with van der Waals surface area (Å²) in [6, 6.07) is 20.1. The minimum atomic E-state index is 0.761. The molecule has 0 saturated heterocycles. The maximum Gasteiger partial charge on any atom is 0.154 e. The van der Waals surface area contributed by atoms with Gasteiger partial charge in [-0.1, -0.05) is 60.7 Å². The molecule has 0 radical (unpaired) electrons. The lowest BCUT2D eigenvalue weighted by Crippen LogP contribution is -2.03. The summed E-state index contributed by atoms with van der Waals surface area (Å²) in [4.78, 5) is 8.86. The molecule has 0 bridgehead atoms. The SMILES string of the molecule is CN=C(N=C(C)c1ccccc1)c1ccccc1. The second kappa shape index (κ2) is 5.92. The Morgan fingerprint density at radius 1 is 0.778 bits per heavy atom. The Labute approximate surface area is 108 Å². The molecular weight excluding hydrogens is 220 g/mol. The predicted molar refractivity (Wildman–Crippen MR) is 77.6 cm³/mol. The maximum atomic E-state index is 4.60. The Balaban J connectivity index is 2.32. The molecule has 0 atom stereocenters. The molecule has 0 spiro atoms. The molecule has 0 fully saturated rings. The Kier molecular flexibility index (Phi) is 4.02. The zero-order valence-electron chi connectivity index (χ0n) is 10.7. The van der Waals surface area contributed by atoms with Crippen LogP contribution in [0.5, 0.6) is 0 Å². The average Bonchev–Trinajstić information content (AvgIpc) is 2.46. The first kappa shape index (κ1) is 12.2. The quantitative estimate of drug-likeness (QED) is 0.562. The second-order valence-corrected chi connectivity index (χ2v) is 3.98. The van der Waals surface area contributed by atoms with Crippen LogP contribution in [-0.2, 0) is 0 Å². The van der Waals surface area contributed by atoms with Crippen molar-refractivity contribution in [3.63, 3.8) is 0 Å². The van der Waals surface area contributed by atoms with E-state index in [4.69, 9.17) is 0 Å². The number of hydrogen-bond donors (Lipinski definition) is 0. The van der Waals surface area contributed by atoms with Crippen molar-refractivity contribution >= 4 is 11.5 Å². The van der Waals surface area contributed by atoms with Crippen molar-refractivity contribution in [2.75, 3.05) is 7.05 Å². The molecule has 0 amide bonds. The highest BCUT2D eigenvalue weighted by Crippen LogP contribution is 2.06. The maximum absolute atomic E-state index is 4.60. The Morgan fingerprint density at radius 2 is 1.28 bits per heavy atom. The van der Waals surface area contributed by atoms with E-state index < -0.39 is 0 Å². The van der Waals surface area contributed by atoms with E-state index in [2.05, 4.69) is 22.1 Å². The van der Waals surface area contributed by atoms with Crippen LogP contribution in [0.2, 0.25) is 0 Å². The van der Waals surface area contributed by atoms with Crippen LogP contribution in [0.4, 0.5) is 0 Å². The second-order valence-electron chi connectivity index (χ2n) is 3.98. The summed E-state index contributed by atoms with van der Waals surface area (Å²) >= 11 is 0. The van der Waals surface area contributed by atoms with Crippen LogP contribution in [-0.4, -0.2) is 18.6 Å². The lowest BCUT2D eigenvalue weighted by Gasteiger charge is -2.03. The van der Waals surface area contributed by atoms with E-state index in [1.165, 1.54) is 0 Å². The first-order valence-electron chi connectivity index (χ1n) is 5.94. The van der Waals surface area contributed by atoms with Crippen molar-refractivity contribution in [1.29, 1.82) is 0 Å². The van der Waals surface area contributed by atoms with E-state index in [0.717, 1.165) is 22.7 Å². The molecule has 0 heterocycles. The summed E-state index contributed by atoms with van der Waals surface area (Å²) in [5, 5.41) is 0. The molecule has 0 N–H and O–H groups in total. The molecule has 2 rings (SSSR count). The topological polar surface area (TPSA) is 24.7 Å². The van der Waals surface area contributed by atoms with E-state index in [9.17, 15) is 0 Å². The highest BCUT2D eigenvalue weighted by Gasteiger charge is 2.02. The normalized spacial score (nSPS) is 12.6. The summed E-state index contributed by atoms with van der Waals surface area (Å²) in [6.07, 6.45) is 0. The number of hydrogen-bond acceptors (Lipinski definition) is 1. The zero-order valence-corrected chi connectivity index (χ0v) is 10.7. The van der Waals surface area contributed by atoms with Gasteiger partial charge in [0.15, 0.2) is 5.84 Å². The van der Waals surface area contributed by atoms with Crippen molar-refractivity contribution in [3.8, 4) is 0 Å². The van der Waals surface area contributed by atoms with Crippen LogP contribution in [0.1, 0.15) is 18.1 Å². The minimum Gasteiger partial charge on any atom is -0.270 e. The zero-order chi connectivity index (χ0) is 12.8. The fourth-order valence-electron chi connectivity index (χ4n) is 1.73. The lowest BCUT2D eigenvalue weighted by atomic mass is 10.1. The van der Waals surface area contributed by atoms with Crippen LogP contribution in [0.15, 0.2) is 70.6 Å². The Bertz CT molecular complexity index is 554. The third-order valence-electron chi connectivity index (χ3n) is 2.71. The summed E-state index contributed by atoms with van der Waals surface area (Å²) in [6.45, 7) is 2.00. The summed E-state index contributed by atoms with van der Waals surface area (Å²) in [5.41, 5.74) is 3.13. The molecule has 0 aliphatic carbocycles. The fourth-order valence-corrected chi connectivity index (χ4v) is 1.73. The van der Waals surface area contributed by atoms with E-state index >= 15 is 0 Å². The number of nitrogens with zero attached hydrogens (tertiary/aromatic N) is 2. The highest BCUT2D eigenvalue weighted by molar-refractivity contribution is 6.11.